The summed E-state index contributed by atoms with van der Waals surface area (Å²) >= 11 is 11.9. The molecule has 5 nitrogen and oxygen atoms in total. The molecule has 2 amide bonds. The van der Waals surface area contributed by atoms with E-state index in [1.165, 1.54) is 0 Å². The molecule has 0 unspecified atom stereocenters. The van der Waals surface area contributed by atoms with Crippen LogP contribution in [0.4, 0.5) is 0 Å². The molecule has 1 fully saturated rings. The van der Waals surface area contributed by atoms with E-state index in [1.54, 1.807) is 58.5 Å². The van der Waals surface area contributed by atoms with Crippen molar-refractivity contribution in [1.82, 2.24) is 9.80 Å². The normalized spacial score (nSPS) is 15.5. The van der Waals surface area contributed by atoms with Crippen molar-refractivity contribution in [3.05, 3.63) is 63.6 Å². The zero-order valence-corrected chi connectivity index (χ0v) is 17.0. The average Bonchev–Trinajstić information content (AvgIpc) is 2.66. The van der Waals surface area contributed by atoms with Crippen LogP contribution in [0.3, 0.4) is 0 Å². The zero-order chi connectivity index (χ0) is 19.6. The number of nitrogens with zero attached hydrogens (tertiary/aromatic N) is 2. The summed E-state index contributed by atoms with van der Waals surface area (Å²) in [5, 5.41) is 0.813. The Morgan fingerprint density at radius 2 is 1.41 bits per heavy atom. The largest absolute Gasteiger partial charge is 0.335 e. The molecular weight excluding hydrogens is 407 g/mol. The lowest BCUT2D eigenvalue weighted by Crippen LogP contribution is -2.50. The van der Waals surface area contributed by atoms with E-state index in [9.17, 15) is 13.8 Å². The lowest BCUT2D eigenvalue weighted by molar-refractivity contribution is 0.0533. The summed E-state index contributed by atoms with van der Waals surface area (Å²) in [5.74, 6) is -0.333. The van der Waals surface area contributed by atoms with E-state index < -0.39 is 10.8 Å². The maximum Gasteiger partial charge on any atom is 0.255 e. The first-order valence-corrected chi connectivity index (χ1v) is 10.7. The number of rotatable bonds is 3. The van der Waals surface area contributed by atoms with Crippen LogP contribution in [0.25, 0.3) is 0 Å². The smallest absolute Gasteiger partial charge is 0.255 e. The van der Waals surface area contributed by atoms with Crippen molar-refractivity contribution in [2.45, 2.75) is 4.90 Å². The van der Waals surface area contributed by atoms with Gasteiger partial charge in [0.25, 0.3) is 11.8 Å². The number of halogens is 2. The highest BCUT2D eigenvalue weighted by molar-refractivity contribution is 7.84. The highest BCUT2D eigenvalue weighted by atomic mass is 35.5. The van der Waals surface area contributed by atoms with Gasteiger partial charge in [-0.05, 0) is 30.3 Å². The van der Waals surface area contributed by atoms with Gasteiger partial charge in [0.1, 0.15) is 0 Å². The van der Waals surface area contributed by atoms with E-state index >= 15 is 0 Å². The molecule has 0 radical (unpaired) electrons. The van der Waals surface area contributed by atoms with Gasteiger partial charge in [0, 0.05) is 48.0 Å². The maximum absolute atomic E-state index is 12.8. The first kappa shape index (κ1) is 19.9. The first-order chi connectivity index (χ1) is 12.9. The molecule has 2 aromatic carbocycles. The Kier molecular flexibility index (Phi) is 6.19. The molecular formula is C19H18Cl2N2O3S. The van der Waals surface area contributed by atoms with Crippen LogP contribution in [0.1, 0.15) is 20.7 Å². The molecule has 0 aromatic heterocycles. The van der Waals surface area contributed by atoms with Crippen LogP contribution in [-0.2, 0) is 10.8 Å². The van der Waals surface area contributed by atoms with Gasteiger partial charge in [-0.3, -0.25) is 13.8 Å². The van der Waals surface area contributed by atoms with Gasteiger partial charge in [-0.1, -0.05) is 35.3 Å². The predicted octanol–water partition coefficient (Wildman–Crippen LogP) is 3.33. The van der Waals surface area contributed by atoms with E-state index in [0.717, 1.165) is 0 Å². The highest BCUT2D eigenvalue weighted by Crippen LogP contribution is 2.21. The molecule has 2 aromatic rings. The molecule has 8 heteroatoms. The second-order valence-electron chi connectivity index (χ2n) is 6.19. The number of carbonyl (C=O) groups excluding carboxylic acids is 2. The Balaban J connectivity index is 1.69. The summed E-state index contributed by atoms with van der Waals surface area (Å²) in [6.07, 6.45) is 1.55. The van der Waals surface area contributed by atoms with Crippen LogP contribution < -0.4 is 0 Å². The molecule has 1 aliphatic rings. The van der Waals surface area contributed by atoms with Crippen LogP contribution in [0.5, 0.6) is 0 Å². The van der Waals surface area contributed by atoms with Crippen LogP contribution in [-0.4, -0.2) is 58.3 Å². The summed E-state index contributed by atoms with van der Waals surface area (Å²) in [7, 11) is -1.25. The lowest BCUT2D eigenvalue weighted by Gasteiger charge is -2.35. The molecule has 1 heterocycles. The number of piperazine rings is 1. The SMILES string of the molecule is C[S@@](=O)c1ccccc1C(=O)N1CCN(C(=O)c2cc(Cl)cc(Cl)c2)CC1. The second kappa shape index (κ2) is 8.42. The van der Waals surface area contributed by atoms with Crippen molar-refractivity contribution in [1.29, 1.82) is 0 Å². The molecule has 3 rings (SSSR count). The Labute approximate surface area is 170 Å². The fraction of sp³-hybridized carbons (Fsp3) is 0.263. The van der Waals surface area contributed by atoms with Gasteiger partial charge in [0.15, 0.2) is 0 Å². The third-order valence-corrected chi connectivity index (χ3v) is 5.80. The monoisotopic (exact) mass is 424 g/mol. The first-order valence-electron chi connectivity index (χ1n) is 8.34. The van der Waals surface area contributed by atoms with E-state index in [0.29, 0.717) is 52.2 Å². The standard InChI is InChI=1S/C19H18Cl2N2O3S/c1-27(26)17-5-3-2-4-16(17)19(25)23-8-6-22(7-9-23)18(24)13-10-14(20)12-15(21)11-13/h2-5,10-12H,6-9H2,1H3/t27-/m1/s1. The summed E-state index contributed by atoms with van der Waals surface area (Å²) in [4.78, 5) is 29.4. The second-order valence-corrected chi connectivity index (χ2v) is 8.41. The molecule has 0 saturated carbocycles. The number of hydrogen-bond acceptors (Lipinski definition) is 3. The van der Waals surface area contributed by atoms with E-state index in [-0.39, 0.29) is 11.8 Å². The zero-order valence-electron chi connectivity index (χ0n) is 14.7. The van der Waals surface area contributed by atoms with Gasteiger partial charge in [0.2, 0.25) is 0 Å². The Hall–Kier alpha value is -1.89. The van der Waals surface area contributed by atoms with Crippen LogP contribution in [0.15, 0.2) is 47.4 Å². The van der Waals surface area contributed by atoms with Crippen LogP contribution >= 0.6 is 23.2 Å². The van der Waals surface area contributed by atoms with Crippen molar-refractivity contribution in [3.8, 4) is 0 Å². The highest BCUT2D eigenvalue weighted by Gasteiger charge is 2.27. The minimum Gasteiger partial charge on any atom is -0.335 e. The quantitative estimate of drug-likeness (QED) is 0.758. The summed E-state index contributed by atoms with van der Waals surface area (Å²) in [6.45, 7) is 1.63. The molecule has 27 heavy (non-hydrogen) atoms. The third-order valence-electron chi connectivity index (χ3n) is 4.39. The molecule has 142 valence electrons. The Morgan fingerprint density at radius 1 is 0.889 bits per heavy atom. The topological polar surface area (TPSA) is 57.7 Å². The fourth-order valence-electron chi connectivity index (χ4n) is 3.04. The molecule has 0 bridgehead atoms. The fourth-order valence-corrected chi connectivity index (χ4v) is 4.30. The number of benzene rings is 2. The predicted molar refractivity (Wildman–Crippen MR) is 107 cm³/mol. The molecule has 1 aliphatic heterocycles. The lowest BCUT2D eigenvalue weighted by atomic mass is 10.1. The van der Waals surface area contributed by atoms with Gasteiger partial charge in [0.05, 0.1) is 21.3 Å². The Bertz CT molecular complexity index is 891. The van der Waals surface area contributed by atoms with Gasteiger partial charge in [-0.15, -0.1) is 0 Å². The summed E-state index contributed by atoms with van der Waals surface area (Å²) in [5.41, 5.74) is 0.874. The number of amides is 2. The van der Waals surface area contributed by atoms with Crippen molar-refractivity contribution in [3.63, 3.8) is 0 Å². The minimum atomic E-state index is -1.25. The average molecular weight is 425 g/mol. The van der Waals surface area contributed by atoms with Crippen LogP contribution in [0, 0.1) is 0 Å². The van der Waals surface area contributed by atoms with Crippen LogP contribution in [0.2, 0.25) is 10.0 Å². The van der Waals surface area contributed by atoms with Gasteiger partial charge < -0.3 is 9.80 Å². The van der Waals surface area contributed by atoms with E-state index in [2.05, 4.69) is 0 Å². The summed E-state index contributed by atoms with van der Waals surface area (Å²) in [6, 6.07) is 11.6. The number of carbonyl (C=O) groups is 2. The molecule has 1 saturated heterocycles. The van der Waals surface area contributed by atoms with Crippen molar-refractivity contribution >= 4 is 45.8 Å². The Morgan fingerprint density at radius 3 is 1.96 bits per heavy atom. The van der Waals surface area contributed by atoms with Gasteiger partial charge >= 0.3 is 0 Å². The minimum absolute atomic E-state index is 0.165. The molecule has 0 spiro atoms. The van der Waals surface area contributed by atoms with E-state index in [4.69, 9.17) is 23.2 Å². The van der Waals surface area contributed by atoms with E-state index in [1.807, 2.05) is 0 Å². The summed E-state index contributed by atoms with van der Waals surface area (Å²) < 4.78 is 11.9. The van der Waals surface area contributed by atoms with Crippen molar-refractivity contribution in [2.24, 2.45) is 0 Å². The van der Waals surface area contributed by atoms with Gasteiger partial charge in [-0.25, -0.2) is 0 Å². The molecule has 1 atom stereocenters. The third kappa shape index (κ3) is 4.51. The van der Waals surface area contributed by atoms with Crippen molar-refractivity contribution < 1.29 is 13.8 Å². The number of hydrogen-bond donors (Lipinski definition) is 0. The maximum atomic E-state index is 12.8. The van der Waals surface area contributed by atoms with Crippen molar-refractivity contribution in [2.75, 3.05) is 32.4 Å². The molecule has 0 aliphatic carbocycles. The van der Waals surface area contributed by atoms with Gasteiger partial charge in [-0.2, -0.15) is 0 Å². The molecule has 0 N–H and O–H groups in total.